The Bertz CT molecular complexity index is 729. The third kappa shape index (κ3) is 3.11. The maximum atomic E-state index is 12.7. The number of nitrogens with zero attached hydrogens (tertiary/aromatic N) is 2. The number of thiazole rings is 1. The summed E-state index contributed by atoms with van der Waals surface area (Å²) >= 11 is 1.71. The van der Waals surface area contributed by atoms with E-state index in [1.165, 1.54) is 5.56 Å². The second kappa shape index (κ2) is 6.89. The lowest BCUT2D eigenvalue weighted by molar-refractivity contribution is -0.142. The summed E-state index contributed by atoms with van der Waals surface area (Å²) < 4.78 is 5.59. The average Bonchev–Trinajstić information content (AvgIpc) is 3.34. The lowest BCUT2D eigenvalue weighted by Gasteiger charge is -2.42. The number of ether oxygens (including phenoxy) is 1. The number of carbonyl (C=O) groups is 1. The minimum atomic E-state index is -0.217. The summed E-state index contributed by atoms with van der Waals surface area (Å²) in [4.78, 5) is 19.5. The molecule has 0 aliphatic carbocycles. The minimum absolute atomic E-state index is 0.0840. The number of rotatable bonds is 3. The fourth-order valence-electron chi connectivity index (χ4n) is 4.12. The van der Waals surface area contributed by atoms with Gasteiger partial charge in [0.15, 0.2) is 0 Å². The van der Waals surface area contributed by atoms with Gasteiger partial charge in [0.25, 0.3) is 5.91 Å². The van der Waals surface area contributed by atoms with E-state index in [4.69, 9.17) is 9.72 Å². The molecule has 0 saturated carbocycles. The molecular formula is C20H24N2O2S. The minimum Gasteiger partial charge on any atom is -0.368 e. The van der Waals surface area contributed by atoms with E-state index in [1.54, 1.807) is 11.3 Å². The van der Waals surface area contributed by atoms with Gasteiger partial charge in [0.05, 0.1) is 10.7 Å². The Balaban J connectivity index is 1.58. The third-order valence-corrected chi connectivity index (χ3v) is 6.34. The Hall–Kier alpha value is -1.72. The SMILES string of the molecule is Cc1nc(C2(c3ccccc3)CCN(C(=O)[C@H]3CCCO3)CC2)cs1. The van der Waals surface area contributed by atoms with Gasteiger partial charge in [-0.1, -0.05) is 30.3 Å². The van der Waals surface area contributed by atoms with Crippen LogP contribution in [0.2, 0.25) is 0 Å². The highest BCUT2D eigenvalue weighted by molar-refractivity contribution is 7.09. The Morgan fingerprint density at radius 2 is 2.04 bits per heavy atom. The number of aryl methyl sites for hydroxylation is 1. The van der Waals surface area contributed by atoms with Crippen LogP contribution < -0.4 is 0 Å². The van der Waals surface area contributed by atoms with Crippen LogP contribution in [0, 0.1) is 6.92 Å². The van der Waals surface area contributed by atoms with E-state index in [9.17, 15) is 4.79 Å². The van der Waals surface area contributed by atoms with Crippen molar-refractivity contribution in [3.8, 4) is 0 Å². The highest BCUT2D eigenvalue weighted by atomic mass is 32.1. The van der Waals surface area contributed by atoms with Crippen molar-refractivity contribution in [2.75, 3.05) is 19.7 Å². The van der Waals surface area contributed by atoms with Gasteiger partial charge in [-0.3, -0.25) is 4.79 Å². The molecule has 1 aromatic carbocycles. The Labute approximate surface area is 152 Å². The van der Waals surface area contributed by atoms with Crippen LogP contribution in [0.5, 0.6) is 0 Å². The molecule has 2 saturated heterocycles. The summed E-state index contributed by atoms with van der Waals surface area (Å²) in [6, 6.07) is 10.7. The summed E-state index contributed by atoms with van der Waals surface area (Å²) in [5, 5.41) is 3.29. The molecule has 25 heavy (non-hydrogen) atoms. The summed E-state index contributed by atoms with van der Waals surface area (Å²) in [5.41, 5.74) is 2.38. The van der Waals surface area contributed by atoms with E-state index in [-0.39, 0.29) is 17.4 Å². The van der Waals surface area contributed by atoms with Crippen LogP contribution in [0.1, 0.15) is 41.9 Å². The molecule has 4 nitrogen and oxygen atoms in total. The maximum absolute atomic E-state index is 12.7. The maximum Gasteiger partial charge on any atom is 0.251 e. The van der Waals surface area contributed by atoms with Gasteiger partial charge in [-0.2, -0.15) is 0 Å². The standard InChI is InChI=1S/C20H24N2O2S/c1-15-21-18(14-25-15)20(16-6-3-2-4-7-16)9-11-22(12-10-20)19(23)17-8-5-13-24-17/h2-4,6-7,14,17H,5,8-13H2,1H3/t17-/m1/s1. The van der Waals surface area contributed by atoms with Crippen LogP contribution in [-0.4, -0.2) is 41.6 Å². The van der Waals surface area contributed by atoms with Gasteiger partial charge in [0.2, 0.25) is 0 Å². The Morgan fingerprint density at radius 1 is 1.28 bits per heavy atom. The first-order chi connectivity index (χ1) is 12.2. The molecule has 2 aromatic rings. The van der Waals surface area contributed by atoms with Gasteiger partial charge in [-0.25, -0.2) is 4.98 Å². The molecule has 2 aliphatic rings. The largest absolute Gasteiger partial charge is 0.368 e. The second-order valence-electron chi connectivity index (χ2n) is 7.03. The lowest BCUT2D eigenvalue weighted by atomic mass is 9.70. The summed E-state index contributed by atoms with van der Waals surface area (Å²) in [7, 11) is 0. The molecular weight excluding hydrogens is 332 g/mol. The predicted molar refractivity (Wildman–Crippen MR) is 98.9 cm³/mol. The Morgan fingerprint density at radius 3 is 2.64 bits per heavy atom. The van der Waals surface area contributed by atoms with Gasteiger partial charge in [0.1, 0.15) is 6.10 Å². The smallest absolute Gasteiger partial charge is 0.251 e. The number of aromatic nitrogens is 1. The van der Waals surface area contributed by atoms with Crippen LogP contribution in [0.3, 0.4) is 0 Å². The van der Waals surface area contributed by atoms with E-state index >= 15 is 0 Å². The van der Waals surface area contributed by atoms with E-state index < -0.39 is 0 Å². The number of amides is 1. The van der Waals surface area contributed by atoms with Crippen LogP contribution in [-0.2, 0) is 14.9 Å². The van der Waals surface area contributed by atoms with E-state index in [0.29, 0.717) is 0 Å². The van der Waals surface area contributed by atoms with Gasteiger partial charge in [0, 0.05) is 30.5 Å². The van der Waals surface area contributed by atoms with Gasteiger partial charge < -0.3 is 9.64 Å². The van der Waals surface area contributed by atoms with Crippen LogP contribution in [0.4, 0.5) is 0 Å². The summed E-state index contributed by atoms with van der Waals surface area (Å²) in [6.45, 7) is 4.31. The molecule has 0 bridgehead atoms. The number of likely N-dealkylation sites (tertiary alicyclic amines) is 1. The van der Waals surface area contributed by atoms with E-state index in [0.717, 1.165) is 56.1 Å². The van der Waals surface area contributed by atoms with Crippen molar-refractivity contribution in [3.05, 3.63) is 52.0 Å². The molecule has 4 rings (SSSR count). The normalized spacial score (nSPS) is 22.9. The third-order valence-electron chi connectivity index (χ3n) is 5.57. The monoisotopic (exact) mass is 356 g/mol. The van der Waals surface area contributed by atoms with E-state index in [2.05, 4.69) is 42.6 Å². The molecule has 2 fully saturated rings. The van der Waals surface area contributed by atoms with Crippen molar-refractivity contribution in [1.82, 2.24) is 9.88 Å². The first-order valence-electron chi connectivity index (χ1n) is 9.07. The zero-order valence-electron chi connectivity index (χ0n) is 14.6. The number of benzene rings is 1. The molecule has 1 amide bonds. The van der Waals surface area contributed by atoms with Crippen LogP contribution >= 0.6 is 11.3 Å². The van der Waals surface area contributed by atoms with Crippen molar-refractivity contribution in [2.45, 2.75) is 44.1 Å². The fraction of sp³-hybridized carbons (Fsp3) is 0.500. The first-order valence-corrected chi connectivity index (χ1v) is 9.95. The number of hydrogen-bond acceptors (Lipinski definition) is 4. The number of piperidine rings is 1. The predicted octanol–water partition coefficient (Wildman–Crippen LogP) is 3.54. The highest BCUT2D eigenvalue weighted by Crippen LogP contribution is 2.42. The zero-order chi connectivity index (χ0) is 17.3. The first kappa shape index (κ1) is 16.7. The van der Waals surface area contributed by atoms with Gasteiger partial charge in [-0.05, 0) is 38.2 Å². The van der Waals surface area contributed by atoms with Gasteiger partial charge >= 0.3 is 0 Å². The molecule has 2 aliphatic heterocycles. The molecule has 0 unspecified atom stereocenters. The van der Waals surface area contributed by atoms with Crippen molar-refractivity contribution >= 4 is 17.2 Å². The molecule has 3 heterocycles. The molecule has 5 heteroatoms. The Kier molecular flexibility index (Phi) is 4.61. The fourth-order valence-corrected chi connectivity index (χ4v) is 4.83. The molecule has 0 N–H and O–H groups in total. The summed E-state index contributed by atoms with van der Waals surface area (Å²) in [6.07, 6.45) is 3.48. The van der Waals surface area contributed by atoms with Crippen molar-refractivity contribution in [1.29, 1.82) is 0 Å². The van der Waals surface area contributed by atoms with Crippen LogP contribution in [0.25, 0.3) is 0 Å². The molecule has 0 spiro atoms. The average molecular weight is 356 g/mol. The van der Waals surface area contributed by atoms with Crippen molar-refractivity contribution in [2.24, 2.45) is 0 Å². The molecule has 0 radical (unpaired) electrons. The molecule has 1 atom stereocenters. The van der Waals surface area contributed by atoms with Crippen molar-refractivity contribution in [3.63, 3.8) is 0 Å². The number of carbonyl (C=O) groups excluding carboxylic acids is 1. The van der Waals surface area contributed by atoms with Gasteiger partial charge in [-0.15, -0.1) is 11.3 Å². The van der Waals surface area contributed by atoms with E-state index in [1.807, 2.05) is 4.90 Å². The number of hydrogen-bond donors (Lipinski definition) is 0. The second-order valence-corrected chi connectivity index (χ2v) is 8.09. The molecule has 1 aromatic heterocycles. The quantitative estimate of drug-likeness (QED) is 0.845. The summed E-state index contributed by atoms with van der Waals surface area (Å²) in [5.74, 6) is 0.175. The van der Waals surface area contributed by atoms with Crippen LogP contribution in [0.15, 0.2) is 35.7 Å². The molecule has 132 valence electrons. The van der Waals surface area contributed by atoms with Crippen molar-refractivity contribution < 1.29 is 9.53 Å². The lowest BCUT2D eigenvalue weighted by Crippen LogP contribution is -2.48. The zero-order valence-corrected chi connectivity index (χ0v) is 15.4. The highest BCUT2D eigenvalue weighted by Gasteiger charge is 2.41. The topological polar surface area (TPSA) is 42.4 Å².